The van der Waals surface area contributed by atoms with Gasteiger partial charge in [0, 0.05) is 19.0 Å². The Kier molecular flexibility index (Phi) is 2.65. The van der Waals surface area contributed by atoms with E-state index in [1.165, 1.54) is 0 Å². The van der Waals surface area contributed by atoms with Gasteiger partial charge in [-0.25, -0.2) is 0 Å². The minimum atomic E-state index is -0.996. The SMILES string of the molecule is NC(CCN1CC2CCC2C1=O)C(=O)O. The van der Waals surface area contributed by atoms with Crippen molar-refractivity contribution in [2.45, 2.75) is 25.3 Å². The molecule has 1 aliphatic carbocycles. The van der Waals surface area contributed by atoms with E-state index >= 15 is 0 Å². The Labute approximate surface area is 88.2 Å². The van der Waals surface area contributed by atoms with Crippen molar-refractivity contribution in [2.24, 2.45) is 17.6 Å². The third kappa shape index (κ3) is 1.84. The van der Waals surface area contributed by atoms with Crippen molar-refractivity contribution in [1.82, 2.24) is 4.90 Å². The number of nitrogens with zero attached hydrogens (tertiary/aromatic N) is 1. The van der Waals surface area contributed by atoms with Crippen molar-refractivity contribution >= 4 is 11.9 Å². The Morgan fingerprint density at radius 2 is 2.33 bits per heavy atom. The van der Waals surface area contributed by atoms with E-state index in [1.807, 2.05) is 0 Å². The van der Waals surface area contributed by atoms with Gasteiger partial charge in [-0.05, 0) is 25.2 Å². The third-order valence-electron chi connectivity index (χ3n) is 3.53. The highest BCUT2D eigenvalue weighted by Crippen LogP contribution is 2.41. The van der Waals surface area contributed by atoms with Crippen LogP contribution in [-0.2, 0) is 9.59 Å². The van der Waals surface area contributed by atoms with Crippen LogP contribution in [0.4, 0.5) is 0 Å². The first kappa shape index (κ1) is 10.4. The van der Waals surface area contributed by atoms with Crippen molar-refractivity contribution in [2.75, 3.05) is 13.1 Å². The fourth-order valence-corrected chi connectivity index (χ4v) is 2.34. The number of carboxylic acid groups (broad SMARTS) is 1. The van der Waals surface area contributed by atoms with Crippen LogP contribution in [0.5, 0.6) is 0 Å². The van der Waals surface area contributed by atoms with Gasteiger partial charge in [0.15, 0.2) is 0 Å². The van der Waals surface area contributed by atoms with Crippen LogP contribution in [0.15, 0.2) is 0 Å². The Morgan fingerprint density at radius 3 is 2.73 bits per heavy atom. The molecular formula is C10H16N2O3. The second-order valence-corrected chi connectivity index (χ2v) is 4.46. The summed E-state index contributed by atoms with van der Waals surface area (Å²) in [5, 5.41) is 8.61. The second kappa shape index (κ2) is 3.81. The van der Waals surface area contributed by atoms with Crippen molar-refractivity contribution in [3.8, 4) is 0 Å². The molecule has 0 aromatic rings. The number of hydrogen-bond acceptors (Lipinski definition) is 3. The van der Waals surface area contributed by atoms with Gasteiger partial charge in [0.05, 0.1) is 0 Å². The average molecular weight is 212 g/mol. The first-order valence-corrected chi connectivity index (χ1v) is 5.36. The van der Waals surface area contributed by atoms with Crippen LogP contribution in [0.2, 0.25) is 0 Å². The minimum absolute atomic E-state index is 0.198. The second-order valence-electron chi connectivity index (χ2n) is 4.46. The fourth-order valence-electron chi connectivity index (χ4n) is 2.34. The number of likely N-dealkylation sites (tertiary alicyclic amines) is 1. The van der Waals surface area contributed by atoms with E-state index in [0.29, 0.717) is 18.9 Å². The largest absolute Gasteiger partial charge is 0.480 e. The summed E-state index contributed by atoms with van der Waals surface area (Å²) < 4.78 is 0. The van der Waals surface area contributed by atoms with Crippen LogP contribution in [0.25, 0.3) is 0 Å². The molecule has 2 aliphatic rings. The number of rotatable bonds is 4. The maximum absolute atomic E-state index is 11.7. The van der Waals surface area contributed by atoms with E-state index < -0.39 is 12.0 Å². The molecular weight excluding hydrogens is 196 g/mol. The lowest BCUT2D eigenvalue weighted by molar-refractivity contribution is -0.139. The van der Waals surface area contributed by atoms with E-state index in [0.717, 1.165) is 19.4 Å². The quantitative estimate of drug-likeness (QED) is 0.667. The van der Waals surface area contributed by atoms with Crippen LogP contribution in [-0.4, -0.2) is 41.0 Å². The van der Waals surface area contributed by atoms with Gasteiger partial charge in [0.1, 0.15) is 6.04 Å². The van der Waals surface area contributed by atoms with Crippen molar-refractivity contribution in [3.63, 3.8) is 0 Å². The molecule has 0 aromatic heterocycles. The monoisotopic (exact) mass is 212 g/mol. The summed E-state index contributed by atoms with van der Waals surface area (Å²) >= 11 is 0. The van der Waals surface area contributed by atoms with E-state index in [4.69, 9.17) is 10.8 Å². The number of fused-ring (bicyclic) bond motifs is 1. The Morgan fingerprint density at radius 1 is 1.60 bits per heavy atom. The first-order chi connectivity index (χ1) is 7.09. The topological polar surface area (TPSA) is 83.6 Å². The molecule has 1 aliphatic heterocycles. The van der Waals surface area contributed by atoms with Gasteiger partial charge in [-0.1, -0.05) is 0 Å². The third-order valence-corrected chi connectivity index (χ3v) is 3.53. The smallest absolute Gasteiger partial charge is 0.320 e. The zero-order valence-corrected chi connectivity index (χ0v) is 8.56. The summed E-state index contributed by atoms with van der Waals surface area (Å²) in [5.74, 6) is -0.0435. The molecule has 5 heteroatoms. The lowest BCUT2D eigenvalue weighted by Gasteiger charge is -2.25. The molecule has 3 N–H and O–H groups in total. The summed E-state index contributed by atoms with van der Waals surface area (Å²) in [5.41, 5.74) is 5.39. The summed E-state index contributed by atoms with van der Waals surface area (Å²) in [4.78, 5) is 24.0. The molecule has 5 nitrogen and oxygen atoms in total. The standard InChI is InChI=1S/C10H16N2O3/c11-8(10(14)15)3-4-12-5-6-1-2-7(6)9(12)13/h6-8H,1-5,11H2,(H,14,15). The van der Waals surface area contributed by atoms with Crippen molar-refractivity contribution in [1.29, 1.82) is 0 Å². The first-order valence-electron chi connectivity index (χ1n) is 5.36. The number of carbonyl (C=O) groups is 2. The van der Waals surface area contributed by atoms with Gasteiger partial charge in [-0.3, -0.25) is 9.59 Å². The molecule has 1 saturated carbocycles. The molecule has 3 atom stereocenters. The highest BCUT2D eigenvalue weighted by Gasteiger charge is 2.45. The lowest BCUT2D eigenvalue weighted by atomic mass is 9.76. The highest BCUT2D eigenvalue weighted by atomic mass is 16.4. The summed E-state index contributed by atoms with van der Waals surface area (Å²) in [6.45, 7) is 1.29. The van der Waals surface area contributed by atoms with Gasteiger partial charge in [0.2, 0.25) is 5.91 Å². The highest BCUT2D eigenvalue weighted by molar-refractivity contribution is 5.82. The lowest BCUT2D eigenvalue weighted by Crippen LogP contribution is -2.36. The van der Waals surface area contributed by atoms with Gasteiger partial charge in [0.25, 0.3) is 0 Å². The molecule has 3 unspecified atom stereocenters. The molecule has 0 spiro atoms. The van der Waals surface area contributed by atoms with Crippen LogP contribution in [0.3, 0.4) is 0 Å². The molecule has 1 amide bonds. The molecule has 0 aromatic carbocycles. The molecule has 1 heterocycles. The molecule has 0 radical (unpaired) electrons. The number of nitrogens with two attached hydrogens (primary N) is 1. The molecule has 15 heavy (non-hydrogen) atoms. The van der Waals surface area contributed by atoms with Gasteiger partial charge >= 0.3 is 5.97 Å². The molecule has 2 rings (SSSR count). The Balaban J connectivity index is 1.80. The normalized spacial score (nSPS) is 31.0. The molecule has 0 bridgehead atoms. The Bertz CT molecular complexity index is 292. The van der Waals surface area contributed by atoms with Crippen LogP contribution >= 0.6 is 0 Å². The maximum atomic E-state index is 11.7. The predicted molar refractivity (Wildman–Crippen MR) is 53.0 cm³/mol. The van der Waals surface area contributed by atoms with E-state index in [1.54, 1.807) is 4.90 Å². The van der Waals surface area contributed by atoms with Crippen LogP contribution < -0.4 is 5.73 Å². The summed E-state index contributed by atoms with van der Waals surface area (Å²) in [7, 11) is 0. The molecule has 84 valence electrons. The van der Waals surface area contributed by atoms with Crippen LogP contribution in [0.1, 0.15) is 19.3 Å². The molecule has 1 saturated heterocycles. The Hall–Kier alpha value is -1.10. The van der Waals surface area contributed by atoms with Gasteiger partial charge < -0.3 is 15.7 Å². The van der Waals surface area contributed by atoms with E-state index in [-0.39, 0.29) is 11.8 Å². The zero-order valence-electron chi connectivity index (χ0n) is 8.56. The van der Waals surface area contributed by atoms with E-state index in [2.05, 4.69) is 0 Å². The van der Waals surface area contributed by atoms with Crippen molar-refractivity contribution in [3.05, 3.63) is 0 Å². The predicted octanol–water partition coefficient (Wildman–Crippen LogP) is -0.343. The van der Waals surface area contributed by atoms with E-state index in [9.17, 15) is 9.59 Å². The fraction of sp³-hybridized carbons (Fsp3) is 0.800. The van der Waals surface area contributed by atoms with Gasteiger partial charge in [-0.2, -0.15) is 0 Å². The van der Waals surface area contributed by atoms with Gasteiger partial charge in [-0.15, -0.1) is 0 Å². The minimum Gasteiger partial charge on any atom is -0.480 e. The zero-order chi connectivity index (χ0) is 11.0. The molecule has 2 fully saturated rings. The summed E-state index contributed by atoms with van der Waals surface area (Å²) in [6, 6.07) is -0.851. The maximum Gasteiger partial charge on any atom is 0.320 e. The van der Waals surface area contributed by atoms with Crippen molar-refractivity contribution < 1.29 is 14.7 Å². The number of aliphatic carboxylic acids is 1. The van der Waals surface area contributed by atoms with Crippen LogP contribution in [0, 0.1) is 11.8 Å². The number of carboxylic acids is 1. The number of hydrogen-bond donors (Lipinski definition) is 2. The number of amides is 1. The number of carbonyl (C=O) groups excluding carboxylic acids is 1. The average Bonchev–Trinajstić information content (AvgIpc) is 2.34. The summed E-state index contributed by atoms with van der Waals surface area (Å²) in [6.07, 6.45) is 2.49.